The highest BCUT2D eigenvalue weighted by Gasteiger charge is 2.13. The highest BCUT2D eigenvalue weighted by atomic mass is 32.1. The van der Waals surface area contributed by atoms with E-state index in [1.807, 2.05) is 0 Å². The van der Waals surface area contributed by atoms with E-state index in [1.54, 1.807) is 0 Å². The van der Waals surface area contributed by atoms with Crippen LogP contribution in [-0.2, 0) is 12.8 Å². The van der Waals surface area contributed by atoms with Crippen molar-refractivity contribution in [1.82, 2.24) is 5.32 Å². The molecule has 0 saturated carbocycles. The Labute approximate surface area is 129 Å². The van der Waals surface area contributed by atoms with Crippen LogP contribution >= 0.6 is 12.2 Å². The second-order valence-corrected chi connectivity index (χ2v) is 6.88. The molecule has 3 heteroatoms. The minimum atomic E-state index is 0.222. The van der Waals surface area contributed by atoms with Crippen molar-refractivity contribution in [2.45, 2.75) is 54.4 Å². The van der Waals surface area contributed by atoms with Crippen LogP contribution in [0.1, 0.15) is 51.3 Å². The Bertz CT molecular complexity index is 473. The fourth-order valence-corrected chi connectivity index (χ4v) is 2.38. The van der Waals surface area contributed by atoms with E-state index in [2.05, 4.69) is 64.3 Å². The van der Waals surface area contributed by atoms with Crippen molar-refractivity contribution in [1.29, 1.82) is 0 Å². The fraction of sp³-hybridized carbons (Fsp3) is 0.588. The first kappa shape index (κ1) is 17.0. The molecular formula is C17H28N2S. The lowest BCUT2D eigenvalue weighted by atomic mass is 9.97. The van der Waals surface area contributed by atoms with E-state index in [0.29, 0.717) is 0 Å². The van der Waals surface area contributed by atoms with Gasteiger partial charge in [-0.25, -0.2) is 0 Å². The van der Waals surface area contributed by atoms with E-state index in [1.165, 1.54) is 22.4 Å². The molecule has 0 atom stereocenters. The number of hydrogen-bond donors (Lipinski definition) is 2. The summed E-state index contributed by atoms with van der Waals surface area (Å²) >= 11 is 5.44. The summed E-state index contributed by atoms with van der Waals surface area (Å²) in [5, 5.41) is 7.45. The molecule has 112 valence electrons. The molecule has 0 heterocycles. The summed E-state index contributed by atoms with van der Waals surface area (Å²) in [6.07, 6.45) is 2.03. The van der Waals surface area contributed by atoms with Crippen molar-refractivity contribution in [2.24, 2.45) is 5.41 Å². The van der Waals surface area contributed by atoms with Gasteiger partial charge in [0.15, 0.2) is 5.11 Å². The molecule has 0 unspecified atom stereocenters. The summed E-state index contributed by atoms with van der Waals surface area (Å²) in [5.74, 6) is 0. The maximum Gasteiger partial charge on any atom is 0.170 e. The van der Waals surface area contributed by atoms with Gasteiger partial charge in [-0.3, -0.25) is 0 Å². The number of anilines is 1. The quantitative estimate of drug-likeness (QED) is 0.802. The van der Waals surface area contributed by atoms with E-state index in [9.17, 15) is 0 Å². The summed E-state index contributed by atoms with van der Waals surface area (Å²) < 4.78 is 0. The molecule has 0 amide bonds. The zero-order valence-electron chi connectivity index (χ0n) is 13.7. The largest absolute Gasteiger partial charge is 0.362 e. The zero-order valence-corrected chi connectivity index (χ0v) is 14.5. The Morgan fingerprint density at radius 1 is 1.15 bits per heavy atom. The van der Waals surface area contributed by atoms with Gasteiger partial charge in [0.25, 0.3) is 0 Å². The van der Waals surface area contributed by atoms with Gasteiger partial charge in [-0.1, -0.05) is 46.8 Å². The van der Waals surface area contributed by atoms with Crippen LogP contribution in [0.4, 0.5) is 5.69 Å². The molecule has 1 aromatic rings. The van der Waals surface area contributed by atoms with Gasteiger partial charge >= 0.3 is 0 Å². The Kier molecular flexibility index (Phi) is 6.00. The van der Waals surface area contributed by atoms with E-state index >= 15 is 0 Å². The SMILES string of the molecule is CCc1ccc(C)c(CC)c1NC(=S)NCC(C)(C)C. The van der Waals surface area contributed by atoms with Crippen LogP contribution < -0.4 is 10.6 Å². The first-order valence-corrected chi connectivity index (χ1v) is 7.85. The van der Waals surface area contributed by atoms with E-state index in [4.69, 9.17) is 12.2 Å². The topological polar surface area (TPSA) is 24.1 Å². The van der Waals surface area contributed by atoms with Crippen LogP contribution in [0.3, 0.4) is 0 Å². The van der Waals surface area contributed by atoms with Gasteiger partial charge in [-0.05, 0) is 54.1 Å². The molecule has 0 bridgehead atoms. The van der Waals surface area contributed by atoms with Crippen LogP contribution in [0.15, 0.2) is 12.1 Å². The molecule has 0 aliphatic heterocycles. The highest BCUT2D eigenvalue weighted by Crippen LogP contribution is 2.26. The molecule has 0 spiro atoms. The minimum absolute atomic E-state index is 0.222. The number of thiocarbonyl (C=S) groups is 1. The Hall–Kier alpha value is -1.09. The molecule has 0 aromatic heterocycles. The Morgan fingerprint density at radius 2 is 1.80 bits per heavy atom. The third-order valence-electron chi connectivity index (χ3n) is 3.39. The second kappa shape index (κ2) is 7.07. The first-order chi connectivity index (χ1) is 9.28. The zero-order chi connectivity index (χ0) is 15.3. The normalized spacial score (nSPS) is 11.3. The van der Waals surface area contributed by atoms with Gasteiger partial charge in [-0.15, -0.1) is 0 Å². The second-order valence-electron chi connectivity index (χ2n) is 6.47. The summed E-state index contributed by atoms with van der Waals surface area (Å²) in [4.78, 5) is 0. The lowest BCUT2D eigenvalue weighted by Crippen LogP contribution is -2.35. The van der Waals surface area contributed by atoms with Gasteiger partial charge < -0.3 is 10.6 Å². The number of benzene rings is 1. The standard InChI is InChI=1S/C17H28N2S/c1-7-13-10-9-12(3)14(8-2)15(13)19-16(20)18-11-17(4,5)6/h9-10H,7-8,11H2,1-6H3,(H2,18,19,20). The van der Waals surface area contributed by atoms with Gasteiger partial charge in [0, 0.05) is 12.2 Å². The van der Waals surface area contributed by atoms with Crippen LogP contribution in [0.2, 0.25) is 0 Å². The van der Waals surface area contributed by atoms with Gasteiger partial charge in [0.2, 0.25) is 0 Å². The molecular weight excluding hydrogens is 264 g/mol. The maximum absolute atomic E-state index is 5.44. The Balaban J connectivity index is 2.90. The summed E-state index contributed by atoms with van der Waals surface area (Å²) in [6, 6.07) is 4.40. The van der Waals surface area contributed by atoms with Crippen LogP contribution in [0.25, 0.3) is 0 Å². The molecule has 0 aliphatic carbocycles. The van der Waals surface area contributed by atoms with E-state index < -0.39 is 0 Å². The first-order valence-electron chi connectivity index (χ1n) is 7.44. The monoisotopic (exact) mass is 292 g/mol. The number of rotatable bonds is 4. The molecule has 2 nitrogen and oxygen atoms in total. The molecule has 1 rings (SSSR count). The molecule has 0 saturated heterocycles. The molecule has 0 fully saturated rings. The smallest absolute Gasteiger partial charge is 0.170 e. The summed E-state index contributed by atoms with van der Waals surface area (Å²) in [6.45, 7) is 14.0. The molecule has 0 radical (unpaired) electrons. The number of hydrogen-bond acceptors (Lipinski definition) is 1. The molecule has 1 aromatic carbocycles. The van der Waals surface area contributed by atoms with Gasteiger partial charge in [0.05, 0.1) is 0 Å². The van der Waals surface area contributed by atoms with Crippen LogP contribution in [0.5, 0.6) is 0 Å². The summed E-state index contributed by atoms with van der Waals surface area (Å²) in [7, 11) is 0. The van der Waals surface area contributed by atoms with E-state index in [-0.39, 0.29) is 5.41 Å². The maximum atomic E-state index is 5.44. The lowest BCUT2D eigenvalue weighted by Gasteiger charge is -2.22. The predicted molar refractivity (Wildman–Crippen MR) is 93.6 cm³/mol. The molecule has 0 aliphatic rings. The van der Waals surface area contributed by atoms with Crippen molar-refractivity contribution in [3.63, 3.8) is 0 Å². The third kappa shape index (κ3) is 4.78. The van der Waals surface area contributed by atoms with Gasteiger partial charge in [0.1, 0.15) is 0 Å². The van der Waals surface area contributed by atoms with Crippen molar-refractivity contribution >= 4 is 23.0 Å². The fourth-order valence-electron chi connectivity index (χ4n) is 2.21. The average Bonchev–Trinajstić information content (AvgIpc) is 2.36. The Morgan fingerprint density at radius 3 is 2.30 bits per heavy atom. The number of nitrogens with one attached hydrogen (secondary N) is 2. The van der Waals surface area contributed by atoms with Crippen molar-refractivity contribution < 1.29 is 0 Å². The van der Waals surface area contributed by atoms with Crippen LogP contribution in [-0.4, -0.2) is 11.7 Å². The minimum Gasteiger partial charge on any atom is -0.362 e. The van der Waals surface area contributed by atoms with Gasteiger partial charge in [-0.2, -0.15) is 0 Å². The average molecular weight is 292 g/mol. The van der Waals surface area contributed by atoms with Crippen molar-refractivity contribution in [3.8, 4) is 0 Å². The molecule has 20 heavy (non-hydrogen) atoms. The summed E-state index contributed by atoms with van der Waals surface area (Å²) in [5.41, 5.74) is 5.43. The number of aryl methyl sites for hydroxylation is 2. The predicted octanol–water partition coefficient (Wildman–Crippen LogP) is 4.45. The van der Waals surface area contributed by atoms with Crippen LogP contribution in [0, 0.1) is 12.3 Å². The third-order valence-corrected chi connectivity index (χ3v) is 3.63. The van der Waals surface area contributed by atoms with E-state index in [0.717, 1.165) is 24.5 Å². The highest BCUT2D eigenvalue weighted by molar-refractivity contribution is 7.80. The lowest BCUT2D eigenvalue weighted by molar-refractivity contribution is 0.409. The van der Waals surface area contributed by atoms with Crippen molar-refractivity contribution in [3.05, 3.63) is 28.8 Å². The molecule has 2 N–H and O–H groups in total. The van der Waals surface area contributed by atoms with Crippen molar-refractivity contribution in [2.75, 3.05) is 11.9 Å².